The lowest BCUT2D eigenvalue weighted by Crippen LogP contribution is -2.44. The van der Waals surface area contributed by atoms with E-state index in [1.807, 2.05) is 0 Å². The summed E-state index contributed by atoms with van der Waals surface area (Å²) in [6, 6.07) is -0.0848. The normalized spacial score (nSPS) is 38.1. The van der Waals surface area contributed by atoms with Crippen LogP contribution < -0.4 is 0 Å². The van der Waals surface area contributed by atoms with Gasteiger partial charge in [-0.2, -0.15) is 0 Å². The maximum Gasteiger partial charge on any atom is 0.238 e. The second kappa shape index (κ2) is 5.21. The minimum atomic E-state index is -3.46. The first kappa shape index (κ1) is 17.2. The van der Waals surface area contributed by atoms with E-state index in [1.165, 1.54) is 4.31 Å². The standard InChI is InChI=1S/C18H31NO3S/c1-6-13(12(2)3)9-16(20)19-15-10-14-7-8-18(15,17(14,4)5)11-23(19,21)22/h12-15H,6-11H2,1-5H3/t13-,14?,15?,18?/m1/s1. The van der Waals surface area contributed by atoms with Crippen molar-refractivity contribution in [3.63, 3.8) is 0 Å². The Kier molecular flexibility index (Phi) is 3.90. The summed E-state index contributed by atoms with van der Waals surface area (Å²) in [6.45, 7) is 10.7. The van der Waals surface area contributed by atoms with Gasteiger partial charge in [0.05, 0.1) is 11.8 Å². The van der Waals surface area contributed by atoms with Crippen LogP contribution in [0.2, 0.25) is 0 Å². The molecule has 2 bridgehead atoms. The lowest BCUT2D eigenvalue weighted by atomic mass is 9.69. The largest absolute Gasteiger partial charge is 0.274 e. The van der Waals surface area contributed by atoms with Gasteiger partial charge in [0.2, 0.25) is 15.9 Å². The molecule has 0 aromatic heterocycles. The van der Waals surface area contributed by atoms with E-state index < -0.39 is 10.0 Å². The summed E-state index contributed by atoms with van der Waals surface area (Å²) in [5.41, 5.74) is -0.173. The summed E-state index contributed by atoms with van der Waals surface area (Å²) < 4.78 is 27.0. The third-order valence-corrected chi connectivity index (χ3v) is 9.50. The molecule has 1 amide bonds. The third-order valence-electron chi connectivity index (χ3n) is 7.56. The van der Waals surface area contributed by atoms with Gasteiger partial charge in [-0.05, 0) is 42.4 Å². The van der Waals surface area contributed by atoms with Gasteiger partial charge in [-0.25, -0.2) is 12.7 Å². The molecule has 3 aliphatic rings. The van der Waals surface area contributed by atoms with E-state index in [0.717, 1.165) is 25.7 Å². The van der Waals surface area contributed by atoms with Gasteiger partial charge >= 0.3 is 0 Å². The van der Waals surface area contributed by atoms with Gasteiger partial charge in [0.15, 0.2) is 0 Å². The van der Waals surface area contributed by atoms with Gasteiger partial charge in [-0.1, -0.05) is 41.0 Å². The molecule has 4 nitrogen and oxygen atoms in total. The fourth-order valence-electron chi connectivity index (χ4n) is 5.78. The zero-order chi connectivity index (χ0) is 17.2. The number of carbonyl (C=O) groups is 1. The molecule has 0 aromatic rings. The van der Waals surface area contributed by atoms with Gasteiger partial charge < -0.3 is 0 Å². The number of hydrogen-bond donors (Lipinski definition) is 0. The lowest BCUT2D eigenvalue weighted by molar-refractivity contribution is -0.130. The van der Waals surface area contributed by atoms with E-state index in [0.29, 0.717) is 18.3 Å². The van der Waals surface area contributed by atoms with Crippen LogP contribution in [-0.2, 0) is 14.8 Å². The average Bonchev–Trinajstić information content (AvgIpc) is 2.90. The molecule has 23 heavy (non-hydrogen) atoms. The van der Waals surface area contributed by atoms with Crippen molar-refractivity contribution in [2.75, 3.05) is 5.75 Å². The Balaban J connectivity index is 1.90. The molecule has 0 N–H and O–H groups in total. The number of carbonyl (C=O) groups excluding carboxylic acids is 1. The molecule has 2 saturated carbocycles. The molecule has 3 rings (SSSR count). The Hall–Kier alpha value is -0.580. The predicted octanol–water partition coefficient (Wildman–Crippen LogP) is 3.43. The molecule has 1 saturated heterocycles. The highest BCUT2D eigenvalue weighted by Crippen LogP contribution is 2.70. The molecule has 0 radical (unpaired) electrons. The van der Waals surface area contributed by atoms with Crippen molar-refractivity contribution in [1.82, 2.24) is 4.31 Å². The average molecular weight is 342 g/mol. The van der Waals surface area contributed by atoms with Crippen molar-refractivity contribution < 1.29 is 13.2 Å². The lowest BCUT2D eigenvalue weighted by Gasteiger charge is -2.37. The van der Waals surface area contributed by atoms with Crippen molar-refractivity contribution >= 4 is 15.9 Å². The second-order valence-corrected chi connectivity index (χ2v) is 10.8. The monoisotopic (exact) mass is 341 g/mol. The topological polar surface area (TPSA) is 54.5 Å². The van der Waals surface area contributed by atoms with Crippen molar-refractivity contribution in [3.05, 3.63) is 0 Å². The summed E-state index contributed by atoms with van der Waals surface area (Å²) in [6.07, 6.45) is 4.23. The number of hydrogen-bond acceptors (Lipinski definition) is 3. The van der Waals surface area contributed by atoms with E-state index in [-0.39, 0.29) is 34.4 Å². The van der Waals surface area contributed by atoms with Crippen LogP contribution in [0.5, 0.6) is 0 Å². The molecule has 5 heteroatoms. The molecule has 1 heterocycles. The molecule has 1 aliphatic heterocycles. The van der Waals surface area contributed by atoms with Crippen LogP contribution >= 0.6 is 0 Å². The van der Waals surface area contributed by atoms with Gasteiger partial charge in [-0.3, -0.25) is 4.79 Å². The van der Waals surface area contributed by atoms with E-state index in [1.54, 1.807) is 0 Å². The maximum atomic E-state index is 12.9. The first-order valence-corrected chi connectivity index (χ1v) is 10.7. The summed E-state index contributed by atoms with van der Waals surface area (Å²) >= 11 is 0. The first-order valence-electron chi connectivity index (χ1n) is 9.11. The number of amides is 1. The van der Waals surface area contributed by atoms with Crippen molar-refractivity contribution in [2.45, 2.75) is 72.8 Å². The molecule has 3 unspecified atom stereocenters. The van der Waals surface area contributed by atoms with E-state index in [2.05, 4.69) is 34.6 Å². The Labute approximate surface area is 141 Å². The van der Waals surface area contributed by atoms with E-state index in [4.69, 9.17) is 0 Å². The molecule has 132 valence electrons. The highest BCUT2D eigenvalue weighted by Gasteiger charge is 2.72. The van der Waals surface area contributed by atoms with Crippen LogP contribution in [0.15, 0.2) is 0 Å². The molecule has 4 atom stereocenters. The quantitative estimate of drug-likeness (QED) is 0.787. The third kappa shape index (κ3) is 2.21. The fraction of sp³-hybridized carbons (Fsp3) is 0.944. The molecular weight excluding hydrogens is 310 g/mol. The Morgan fingerprint density at radius 1 is 1.30 bits per heavy atom. The zero-order valence-corrected chi connectivity index (χ0v) is 15.9. The van der Waals surface area contributed by atoms with Crippen molar-refractivity contribution in [1.29, 1.82) is 0 Å². The van der Waals surface area contributed by atoms with Gasteiger partial charge in [0, 0.05) is 11.8 Å². The molecule has 1 spiro atoms. The molecule has 2 aliphatic carbocycles. The highest BCUT2D eigenvalue weighted by atomic mass is 32.2. The summed E-state index contributed by atoms with van der Waals surface area (Å²) in [5.74, 6) is 1.25. The number of rotatable bonds is 4. The zero-order valence-electron chi connectivity index (χ0n) is 15.1. The first-order chi connectivity index (χ1) is 10.6. The van der Waals surface area contributed by atoms with Gasteiger partial charge in [0.25, 0.3) is 0 Å². The van der Waals surface area contributed by atoms with E-state index in [9.17, 15) is 13.2 Å². The van der Waals surface area contributed by atoms with Crippen LogP contribution in [0.4, 0.5) is 0 Å². The Morgan fingerprint density at radius 3 is 2.48 bits per heavy atom. The molecule has 0 aromatic carbocycles. The van der Waals surface area contributed by atoms with E-state index >= 15 is 0 Å². The minimum absolute atomic E-state index is 0.0297. The van der Waals surface area contributed by atoms with Gasteiger partial charge in [-0.15, -0.1) is 0 Å². The second-order valence-electron chi connectivity index (χ2n) is 8.93. The molecule has 3 fully saturated rings. The van der Waals surface area contributed by atoms with Crippen LogP contribution in [-0.4, -0.2) is 30.4 Å². The van der Waals surface area contributed by atoms with Crippen molar-refractivity contribution in [3.8, 4) is 0 Å². The summed E-state index contributed by atoms with van der Waals surface area (Å²) in [4.78, 5) is 12.9. The van der Waals surface area contributed by atoms with Crippen LogP contribution in [0, 0.1) is 28.6 Å². The molecular formula is C18H31NO3S. The number of fused-ring (bicyclic) bond motifs is 1. The SMILES string of the molecule is CC[C@H](CC(=O)N1C2CC3CCC2(CS1(=O)=O)C3(C)C)C(C)C. The minimum Gasteiger partial charge on any atom is -0.274 e. The van der Waals surface area contributed by atoms with Gasteiger partial charge in [0.1, 0.15) is 0 Å². The fourth-order valence-corrected chi connectivity index (χ4v) is 8.34. The predicted molar refractivity (Wildman–Crippen MR) is 91.2 cm³/mol. The number of sulfonamides is 1. The number of nitrogens with zero attached hydrogens (tertiary/aromatic N) is 1. The Morgan fingerprint density at radius 2 is 1.96 bits per heavy atom. The summed E-state index contributed by atoms with van der Waals surface area (Å²) in [7, 11) is -3.46. The maximum absolute atomic E-state index is 12.9. The van der Waals surface area contributed by atoms with Crippen molar-refractivity contribution in [2.24, 2.45) is 28.6 Å². The summed E-state index contributed by atoms with van der Waals surface area (Å²) in [5, 5.41) is 0. The smallest absolute Gasteiger partial charge is 0.238 e. The van der Waals surface area contributed by atoms with Crippen LogP contribution in [0.3, 0.4) is 0 Å². The Bertz CT molecular complexity index is 610. The van der Waals surface area contributed by atoms with Crippen LogP contribution in [0.1, 0.15) is 66.7 Å². The highest BCUT2D eigenvalue weighted by molar-refractivity contribution is 7.90. The van der Waals surface area contributed by atoms with Crippen LogP contribution in [0.25, 0.3) is 0 Å².